The molecule has 0 aromatic heterocycles. The van der Waals surface area contributed by atoms with Crippen LogP contribution in [0.2, 0.25) is 0 Å². The van der Waals surface area contributed by atoms with E-state index in [1.807, 2.05) is 13.8 Å². The van der Waals surface area contributed by atoms with E-state index in [4.69, 9.17) is 9.47 Å². The fourth-order valence-corrected chi connectivity index (χ4v) is 3.19. The smallest absolute Gasteiger partial charge is 0.338 e. The van der Waals surface area contributed by atoms with E-state index < -0.39 is 5.97 Å². The Hall–Kier alpha value is -2.04. The molecule has 0 unspecified atom stereocenters. The van der Waals surface area contributed by atoms with Gasteiger partial charge in [0.1, 0.15) is 5.75 Å². The van der Waals surface area contributed by atoms with E-state index in [1.54, 1.807) is 24.3 Å². The molecule has 1 aliphatic rings. The van der Waals surface area contributed by atoms with Crippen LogP contribution in [0.15, 0.2) is 24.3 Å². The summed E-state index contributed by atoms with van der Waals surface area (Å²) in [5.41, 5.74) is 0.406. The minimum atomic E-state index is -0.503. The number of benzene rings is 1. The van der Waals surface area contributed by atoms with Gasteiger partial charge in [-0.15, -0.1) is 0 Å². The molecule has 0 spiro atoms. The molecule has 1 amide bonds. The van der Waals surface area contributed by atoms with E-state index >= 15 is 0 Å². The average molecular weight is 347 g/mol. The van der Waals surface area contributed by atoms with E-state index in [9.17, 15) is 9.59 Å². The first-order chi connectivity index (χ1) is 11.9. The van der Waals surface area contributed by atoms with Crippen molar-refractivity contribution in [2.24, 2.45) is 11.8 Å². The van der Waals surface area contributed by atoms with E-state index in [1.165, 1.54) is 6.42 Å². The van der Waals surface area contributed by atoms with Crippen LogP contribution in [0.3, 0.4) is 0 Å². The zero-order valence-corrected chi connectivity index (χ0v) is 15.6. The summed E-state index contributed by atoms with van der Waals surface area (Å²) in [5, 5.41) is 3.00. The average Bonchev–Trinajstić information content (AvgIpc) is 2.57. The Morgan fingerprint density at radius 2 is 1.84 bits per heavy atom. The summed E-state index contributed by atoms with van der Waals surface area (Å²) in [7, 11) is 0. The van der Waals surface area contributed by atoms with Crippen molar-refractivity contribution in [1.29, 1.82) is 0 Å². The van der Waals surface area contributed by atoms with Crippen LogP contribution in [-0.4, -0.2) is 30.6 Å². The SMILES string of the molecule is CC(C)Oc1ccc(C(=O)OCC(=O)N[C@H]2CCC[C@H](C)[C@H]2C)cc1. The van der Waals surface area contributed by atoms with Crippen molar-refractivity contribution in [3.8, 4) is 5.75 Å². The minimum Gasteiger partial charge on any atom is -0.491 e. The molecule has 3 atom stereocenters. The van der Waals surface area contributed by atoms with Gasteiger partial charge in [-0.05, 0) is 56.4 Å². The summed E-state index contributed by atoms with van der Waals surface area (Å²) in [5.74, 6) is 1.01. The van der Waals surface area contributed by atoms with Gasteiger partial charge in [-0.3, -0.25) is 4.79 Å². The predicted molar refractivity (Wildman–Crippen MR) is 96.6 cm³/mol. The number of amides is 1. The lowest BCUT2D eigenvalue weighted by molar-refractivity contribution is -0.125. The first kappa shape index (κ1) is 19.3. The van der Waals surface area contributed by atoms with E-state index in [2.05, 4.69) is 19.2 Å². The lowest BCUT2D eigenvalue weighted by Gasteiger charge is -2.34. The van der Waals surface area contributed by atoms with Crippen molar-refractivity contribution in [2.75, 3.05) is 6.61 Å². The summed E-state index contributed by atoms with van der Waals surface area (Å²) >= 11 is 0. The summed E-state index contributed by atoms with van der Waals surface area (Å²) in [6, 6.07) is 6.90. The highest BCUT2D eigenvalue weighted by molar-refractivity contribution is 5.91. The summed E-state index contributed by atoms with van der Waals surface area (Å²) in [6.07, 6.45) is 3.40. The van der Waals surface area contributed by atoms with Gasteiger partial charge in [-0.25, -0.2) is 4.79 Å². The molecule has 0 aliphatic heterocycles. The van der Waals surface area contributed by atoms with Gasteiger partial charge in [0.05, 0.1) is 11.7 Å². The number of hydrogen-bond acceptors (Lipinski definition) is 4. The molecule has 1 aromatic carbocycles. The first-order valence-electron chi connectivity index (χ1n) is 9.10. The molecule has 5 heteroatoms. The predicted octanol–water partition coefficient (Wildman–Crippen LogP) is 3.57. The zero-order valence-electron chi connectivity index (χ0n) is 15.6. The summed E-state index contributed by atoms with van der Waals surface area (Å²) in [4.78, 5) is 24.1. The number of carbonyl (C=O) groups is 2. The van der Waals surface area contributed by atoms with Gasteiger partial charge >= 0.3 is 5.97 Å². The number of nitrogens with one attached hydrogen (secondary N) is 1. The van der Waals surface area contributed by atoms with Crippen LogP contribution in [0.1, 0.15) is 57.3 Å². The third-order valence-corrected chi connectivity index (χ3v) is 4.85. The van der Waals surface area contributed by atoms with Crippen LogP contribution >= 0.6 is 0 Å². The first-order valence-corrected chi connectivity index (χ1v) is 9.10. The normalized spacial score (nSPS) is 23.2. The fourth-order valence-electron chi connectivity index (χ4n) is 3.19. The maximum absolute atomic E-state index is 12.1. The third-order valence-electron chi connectivity index (χ3n) is 4.85. The zero-order chi connectivity index (χ0) is 18.4. The van der Waals surface area contributed by atoms with Crippen LogP contribution in [0, 0.1) is 11.8 Å². The van der Waals surface area contributed by atoms with E-state index in [-0.39, 0.29) is 24.7 Å². The number of carbonyl (C=O) groups excluding carboxylic acids is 2. The lowest BCUT2D eigenvalue weighted by atomic mass is 9.78. The molecule has 0 heterocycles. The Labute approximate surface area is 150 Å². The number of rotatable bonds is 6. The molecule has 1 aromatic rings. The van der Waals surface area contributed by atoms with Crippen LogP contribution < -0.4 is 10.1 Å². The molecule has 0 radical (unpaired) electrons. The standard InChI is InChI=1S/C20H29NO4/c1-13(2)25-17-10-8-16(9-11-17)20(23)24-12-19(22)21-18-7-5-6-14(3)15(18)4/h8-11,13-15,18H,5-7,12H2,1-4H3,(H,21,22)/t14-,15+,18-/m0/s1. The van der Waals surface area contributed by atoms with Crippen molar-refractivity contribution >= 4 is 11.9 Å². The summed E-state index contributed by atoms with van der Waals surface area (Å²) in [6.45, 7) is 8.02. The van der Waals surface area contributed by atoms with Gasteiger partial charge in [0.25, 0.3) is 5.91 Å². The van der Waals surface area contributed by atoms with Crippen molar-refractivity contribution in [2.45, 2.75) is 59.1 Å². The monoisotopic (exact) mass is 347 g/mol. The number of ether oxygens (including phenoxy) is 2. The Balaban J connectivity index is 1.80. The largest absolute Gasteiger partial charge is 0.491 e. The van der Waals surface area contributed by atoms with Crippen molar-refractivity contribution in [3.63, 3.8) is 0 Å². The maximum Gasteiger partial charge on any atom is 0.338 e. The lowest BCUT2D eigenvalue weighted by Crippen LogP contribution is -2.45. The highest BCUT2D eigenvalue weighted by Crippen LogP contribution is 2.29. The van der Waals surface area contributed by atoms with Gasteiger partial charge < -0.3 is 14.8 Å². The molecule has 5 nitrogen and oxygen atoms in total. The molecule has 25 heavy (non-hydrogen) atoms. The van der Waals surface area contributed by atoms with Gasteiger partial charge in [0, 0.05) is 6.04 Å². The molecule has 1 N–H and O–H groups in total. The summed E-state index contributed by atoms with van der Waals surface area (Å²) < 4.78 is 10.7. The molecule has 138 valence electrons. The van der Waals surface area contributed by atoms with Gasteiger partial charge in [-0.1, -0.05) is 26.7 Å². The minimum absolute atomic E-state index is 0.0754. The molecular weight excluding hydrogens is 318 g/mol. The second-order valence-corrected chi connectivity index (χ2v) is 7.21. The Bertz CT molecular complexity index is 582. The highest BCUT2D eigenvalue weighted by atomic mass is 16.5. The number of hydrogen-bond donors (Lipinski definition) is 1. The topological polar surface area (TPSA) is 64.6 Å². The van der Waals surface area contributed by atoms with Gasteiger partial charge in [-0.2, -0.15) is 0 Å². The van der Waals surface area contributed by atoms with Crippen molar-refractivity contribution in [3.05, 3.63) is 29.8 Å². The highest BCUT2D eigenvalue weighted by Gasteiger charge is 2.28. The van der Waals surface area contributed by atoms with E-state index in [0.29, 0.717) is 23.1 Å². The van der Waals surface area contributed by atoms with Gasteiger partial charge in [0.2, 0.25) is 0 Å². The maximum atomic E-state index is 12.1. The van der Waals surface area contributed by atoms with E-state index in [0.717, 1.165) is 12.8 Å². The molecular formula is C20H29NO4. The Morgan fingerprint density at radius 1 is 1.16 bits per heavy atom. The second kappa shape index (κ2) is 8.88. The molecule has 0 bridgehead atoms. The van der Waals surface area contributed by atoms with Crippen LogP contribution in [0.4, 0.5) is 0 Å². The Kier molecular flexibility index (Phi) is 6.85. The van der Waals surface area contributed by atoms with Crippen molar-refractivity contribution in [1.82, 2.24) is 5.32 Å². The molecule has 2 rings (SSSR count). The van der Waals surface area contributed by atoms with Crippen LogP contribution in [0.25, 0.3) is 0 Å². The van der Waals surface area contributed by atoms with Gasteiger partial charge in [0.15, 0.2) is 6.61 Å². The van der Waals surface area contributed by atoms with Crippen LogP contribution in [-0.2, 0) is 9.53 Å². The third kappa shape index (κ3) is 5.76. The van der Waals surface area contributed by atoms with Crippen molar-refractivity contribution < 1.29 is 19.1 Å². The molecule has 1 fully saturated rings. The molecule has 1 aliphatic carbocycles. The van der Waals surface area contributed by atoms with Crippen LogP contribution in [0.5, 0.6) is 5.75 Å². The quantitative estimate of drug-likeness (QED) is 0.799. The second-order valence-electron chi connectivity index (χ2n) is 7.21. The Morgan fingerprint density at radius 3 is 2.48 bits per heavy atom. The number of esters is 1. The molecule has 0 saturated heterocycles. The molecule has 1 saturated carbocycles. The fraction of sp³-hybridized carbons (Fsp3) is 0.600.